The Hall–Kier alpha value is -0.850. The van der Waals surface area contributed by atoms with Crippen LogP contribution in [0.1, 0.15) is 86.5 Å². The summed E-state index contributed by atoms with van der Waals surface area (Å²) in [4.78, 5) is 13.4. The van der Waals surface area contributed by atoms with E-state index < -0.39 is 0 Å². The summed E-state index contributed by atoms with van der Waals surface area (Å²) in [6.45, 7) is 14.5. The van der Waals surface area contributed by atoms with Crippen LogP contribution in [-0.2, 0) is 4.79 Å². The molecule has 5 aliphatic carbocycles. The first-order valence-corrected chi connectivity index (χ1v) is 12.6. The van der Waals surface area contributed by atoms with Gasteiger partial charge in [0.05, 0.1) is 0 Å². The highest BCUT2D eigenvalue weighted by atomic mass is 16.1. The minimum Gasteiger partial charge on any atom is -0.294 e. The Morgan fingerprint density at radius 1 is 0.966 bits per heavy atom. The molecule has 0 aromatic rings. The second kappa shape index (κ2) is 6.33. The van der Waals surface area contributed by atoms with Gasteiger partial charge in [-0.3, -0.25) is 4.79 Å². The first kappa shape index (κ1) is 20.1. The zero-order chi connectivity index (χ0) is 20.8. The summed E-state index contributed by atoms with van der Waals surface area (Å²) in [5, 5.41) is 0. The fourth-order valence-corrected chi connectivity index (χ4v) is 8.92. The number of hydrogen-bond acceptors (Lipinski definition) is 1. The molecule has 29 heavy (non-hydrogen) atoms. The Bertz CT molecular complexity index is 773. The van der Waals surface area contributed by atoms with E-state index in [2.05, 4.69) is 59.8 Å². The molecule has 0 saturated heterocycles. The van der Waals surface area contributed by atoms with Crippen LogP contribution in [0.25, 0.3) is 0 Å². The van der Waals surface area contributed by atoms with Crippen LogP contribution >= 0.6 is 0 Å². The van der Waals surface area contributed by atoms with Gasteiger partial charge in [0.2, 0.25) is 0 Å². The van der Waals surface area contributed by atoms with Gasteiger partial charge in [0.1, 0.15) is 0 Å². The summed E-state index contributed by atoms with van der Waals surface area (Å²) < 4.78 is 0. The molecule has 0 N–H and O–H groups in total. The first-order valence-electron chi connectivity index (χ1n) is 12.6. The first-order chi connectivity index (χ1) is 13.6. The molecule has 0 radical (unpaired) electrons. The molecule has 0 aromatic carbocycles. The average Bonchev–Trinajstić information content (AvgIpc) is 3.20. The Morgan fingerprint density at radius 2 is 1.72 bits per heavy atom. The van der Waals surface area contributed by atoms with E-state index in [1.165, 1.54) is 44.9 Å². The van der Waals surface area contributed by atoms with Crippen molar-refractivity contribution in [2.75, 3.05) is 0 Å². The van der Waals surface area contributed by atoms with Gasteiger partial charge in [-0.25, -0.2) is 0 Å². The lowest BCUT2D eigenvalue weighted by atomic mass is 9.49. The number of fused-ring (bicyclic) bond motifs is 4. The van der Waals surface area contributed by atoms with E-state index in [1.54, 1.807) is 5.57 Å². The molecular weight excluding hydrogens is 352 g/mol. The summed E-state index contributed by atoms with van der Waals surface area (Å²) in [5.41, 5.74) is 2.32. The van der Waals surface area contributed by atoms with E-state index >= 15 is 0 Å². The molecule has 0 heterocycles. The summed E-state index contributed by atoms with van der Waals surface area (Å²) in [6.07, 6.45) is 16.3. The number of carbonyl (C=O) groups is 1. The van der Waals surface area contributed by atoms with Crippen LogP contribution in [0.2, 0.25) is 0 Å². The van der Waals surface area contributed by atoms with Crippen molar-refractivity contribution in [1.29, 1.82) is 0 Å². The Morgan fingerprint density at radius 3 is 2.41 bits per heavy atom. The van der Waals surface area contributed by atoms with Crippen molar-refractivity contribution in [3.05, 3.63) is 23.8 Å². The van der Waals surface area contributed by atoms with Gasteiger partial charge in [-0.1, -0.05) is 59.3 Å². The fourth-order valence-electron chi connectivity index (χ4n) is 8.92. The molecule has 4 saturated carbocycles. The van der Waals surface area contributed by atoms with E-state index in [0.29, 0.717) is 40.8 Å². The zero-order valence-electron chi connectivity index (χ0n) is 19.6. The van der Waals surface area contributed by atoms with Crippen LogP contribution < -0.4 is 0 Å². The lowest BCUT2D eigenvalue weighted by molar-refractivity contribution is -0.127. The molecule has 9 atom stereocenters. The van der Waals surface area contributed by atoms with Crippen molar-refractivity contribution >= 4 is 5.78 Å². The summed E-state index contributed by atoms with van der Waals surface area (Å²) >= 11 is 0. The zero-order valence-corrected chi connectivity index (χ0v) is 19.6. The van der Waals surface area contributed by atoms with Gasteiger partial charge >= 0.3 is 0 Å². The van der Waals surface area contributed by atoms with E-state index in [0.717, 1.165) is 11.8 Å². The molecule has 4 unspecified atom stereocenters. The monoisotopic (exact) mass is 394 g/mol. The molecule has 160 valence electrons. The van der Waals surface area contributed by atoms with Gasteiger partial charge in [-0.2, -0.15) is 0 Å². The van der Waals surface area contributed by atoms with Crippen LogP contribution in [0.15, 0.2) is 23.8 Å². The number of rotatable bonds is 4. The molecule has 1 heteroatoms. The molecule has 1 spiro atoms. The van der Waals surface area contributed by atoms with Gasteiger partial charge in [0.25, 0.3) is 0 Å². The highest BCUT2D eigenvalue weighted by Gasteiger charge is 2.76. The second-order valence-corrected chi connectivity index (χ2v) is 12.5. The third kappa shape index (κ3) is 2.48. The maximum atomic E-state index is 13.4. The third-order valence-electron chi connectivity index (χ3n) is 11.2. The highest BCUT2D eigenvalue weighted by molar-refractivity contribution is 6.00. The van der Waals surface area contributed by atoms with Crippen molar-refractivity contribution < 1.29 is 4.79 Å². The summed E-state index contributed by atoms with van der Waals surface area (Å²) in [5.74, 6) is 5.37. The molecule has 0 amide bonds. The molecule has 0 aliphatic heterocycles. The number of ketones is 1. The van der Waals surface area contributed by atoms with E-state index in [9.17, 15) is 4.79 Å². The molecule has 0 aromatic heterocycles. The van der Waals surface area contributed by atoms with Crippen LogP contribution in [0, 0.1) is 57.7 Å². The second-order valence-electron chi connectivity index (χ2n) is 12.5. The van der Waals surface area contributed by atoms with Gasteiger partial charge in [-0.05, 0) is 103 Å². The summed E-state index contributed by atoms with van der Waals surface area (Å²) in [7, 11) is 0. The Kier molecular flexibility index (Phi) is 4.38. The maximum Gasteiger partial charge on any atom is 0.162 e. The van der Waals surface area contributed by atoms with Crippen molar-refractivity contribution in [3.63, 3.8) is 0 Å². The minimum atomic E-state index is 0.0654. The lowest BCUT2D eigenvalue weighted by Crippen LogP contribution is -2.50. The smallest absolute Gasteiger partial charge is 0.162 e. The SMILES string of the molecule is CC(C)[C@@H](C)/C=C/[C@@H](C)C1CCC2C3=CC(=O)C45C[C@H]4CC[C@]5(C)C3CC[C@@]21C. The fraction of sp³-hybridized carbons (Fsp3) is 0.821. The van der Waals surface area contributed by atoms with Crippen molar-refractivity contribution in [3.8, 4) is 0 Å². The van der Waals surface area contributed by atoms with Crippen LogP contribution in [0.5, 0.6) is 0 Å². The van der Waals surface area contributed by atoms with E-state index in [-0.39, 0.29) is 10.8 Å². The van der Waals surface area contributed by atoms with Crippen LogP contribution in [0.3, 0.4) is 0 Å². The van der Waals surface area contributed by atoms with Crippen LogP contribution in [-0.4, -0.2) is 5.78 Å². The predicted molar refractivity (Wildman–Crippen MR) is 120 cm³/mol. The van der Waals surface area contributed by atoms with E-state index in [4.69, 9.17) is 0 Å². The quantitative estimate of drug-likeness (QED) is 0.460. The van der Waals surface area contributed by atoms with Crippen molar-refractivity contribution in [2.45, 2.75) is 86.5 Å². The molecule has 5 rings (SSSR count). The van der Waals surface area contributed by atoms with E-state index in [1.807, 2.05) is 0 Å². The van der Waals surface area contributed by atoms with Gasteiger partial charge in [0, 0.05) is 5.41 Å². The molecule has 5 aliphatic rings. The molecule has 0 bridgehead atoms. The van der Waals surface area contributed by atoms with Crippen molar-refractivity contribution in [1.82, 2.24) is 0 Å². The average molecular weight is 395 g/mol. The number of allylic oxidation sites excluding steroid dienone is 4. The minimum absolute atomic E-state index is 0.0654. The number of hydrogen-bond donors (Lipinski definition) is 0. The van der Waals surface area contributed by atoms with Gasteiger partial charge in [-0.15, -0.1) is 0 Å². The maximum absolute atomic E-state index is 13.4. The normalized spacial score (nSPS) is 50.0. The largest absolute Gasteiger partial charge is 0.294 e. The highest BCUT2D eigenvalue weighted by Crippen LogP contribution is 2.79. The topological polar surface area (TPSA) is 17.1 Å². The van der Waals surface area contributed by atoms with Gasteiger partial charge in [0.15, 0.2) is 5.78 Å². The Balaban J connectivity index is 1.42. The Labute approximate surface area is 178 Å². The molecular formula is C28H42O. The predicted octanol–water partition coefficient (Wildman–Crippen LogP) is 7.23. The number of carbonyl (C=O) groups excluding carboxylic acids is 1. The van der Waals surface area contributed by atoms with Crippen molar-refractivity contribution in [2.24, 2.45) is 57.7 Å². The van der Waals surface area contributed by atoms with Crippen LogP contribution in [0.4, 0.5) is 0 Å². The molecule has 4 fully saturated rings. The molecule has 1 nitrogen and oxygen atoms in total. The standard InChI is InChI=1S/C28H42O/c1-17(2)18(3)7-8-19(4)22-9-10-23-21-15-25(29)28-16-20(28)11-14-27(28,6)24(21)12-13-26(22,23)5/h7-8,15,17-20,22-24H,9-14,16H2,1-6H3/b8-7+/t18-,19+,20+,22?,23?,24?,26+,27+,28?/m0/s1. The van der Waals surface area contributed by atoms with Gasteiger partial charge < -0.3 is 0 Å². The third-order valence-corrected chi connectivity index (χ3v) is 11.2. The summed E-state index contributed by atoms with van der Waals surface area (Å²) in [6, 6.07) is 0. The lowest BCUT2D eigenvalue weighted by Gasteiger charge is -2.54.